The van der Waals surface area contributed by atoms with Gasteiger partial charge >= 0.3 is 0 Å². The molecule has 0 aliphatic carbocycles. The fraction of sp³-hybridized carbons (Fsp3) is 0.235. The second-order valence-electron chi connectivity index (χ2n) is 5.38. The van der Waals surface area contributed by atoms with E-state index in [1.54, 1.807) is 43.5 Å². The molecule has 0 saturated heterocycles. The second kappa shape index (κ2) is 6.41. The molecule has 23 heavy (non-hydrogen) atoms. The van der Waals surface area contributed by atoms with Gasteiger partial charge in [-0.3, -0.25) is 0 Å². The number of ether oxygens (including phenoxy) is 1. The average molecular weight is 330 g/mol. The first kappa shape index (κ1) is 17.0. The highest BCUT2D eigenvalue weighted by atomic mass is 32.2. The third-order valence-corrected chi connectivity index (χ3v) is 5.13. The number of methoxy groups -OCH3 is 1. The normalized spacial score (nSPS) is 13.8. The van der Waals surface area contributed by atoms with E-state index in [2.05, 4.69) is 4.72 Å². The third-order valence-electron chi connectivity index (χ3n) is 3.56. The molecule has 2 aromatic carbocycles. The summed E-state index contributed by atoms with van der Waals surface area (Å²) in [4.78, 5) is 0.123. The Labute approximate surface area is 136 Å². The number of nitriles is 1. The van der Waals surface area contributed by atoms with Gasteiger partial charge in [-0.05, 0) is 43.7 Å². The molecule has 0 amide bonds. The maximum Gasteiger partial charge on any atom is 0.242 e. The molecule has 0 bridgehead atoms. The van der Waals surface area contributed by atoms with E-state index in [1.807, 2.05) is 13.0 Å². The number of aryl methyl sites for hydroxylation is 1. The summed E-state index contributed by atoms with van der Waals surface area (Å²) >= 11 is 0. The van der Waals surface area contributed by atoms with Crippen molar-refractivity contribution in [3.63, 3.8) is 0 Å². The van der Waals surface area contributed by atoms with Crippen molar-refractivity contribution in [1.82, 2.24) is 4.72 Å². The maximum atomic E-state index is 12.5. The van der Waals surface area contributed by atoms with Gasteiger partial charge in [-0.15, -0.1) is 0 Å². The fourth-order valence-electron chi connectivity index (χ4n) is 2.12. The Kier molecular flexibility index (Phi) is 4.73. The van der Waals surface area contributed by atoms with E-state index in [9.17, 15) is 13.7 Å². The number of nitrogens with zero attached hydrogens (tertiary/aromatic N) is 1. The van der Waals surface area contributed by atoms with Crippen molar-refractivity contribution in [2.24, 2.45) is 0 Å². The van der Waals surface area contributed by atoms with E-state index in [0.717, 1.165) is 5.56 Å². The van der Waals surface area contributed by atoms with Crippen LogP contribution < -0.4 is 9.46 Å². The average Bonchev–Trinajstić information content (AvgIpc) is 2.55. The molecule has 0 saturated carbocycles. The summed E-state index contributed by atoms with van der Waals surface area (Å²) in [6, 6.07) is 15.2. The number of nitrogens with one attached hydrogen (secondary N) is 1. The molecule has 0 heterocycles. The van der Waals surface area contributed by atoms with Crippen LogP contribution in [0.25, 0.3) is 0 Å². The zero-order chi connectivity index (χ0) is 17.1. The summed E-state index contributed by atoms with van der Waals surface area (Å²) in [5.41, 5.74) is 0.120. The quantitative estimate of drug-likeness (QED) is 0.914. The van der Waals surface area contributed by atoms with Crippen LogP contribution in [0.4, 0.5) is 0 Å². The summed E-state index contributed by atoms with van der Waals surface area (Å²) in [7, 11) is -2.27. The highest BCUT2D eigenvalue weighted by molar-refractivity contribution is 7.89. The largest absolute Gasteiger partial charge is 0.497 e. The van der Waals surface area contributed by atoms with Crippen LogP contribution in [0.2, 0.25) is 0 Å². The van der Waals surface area contributed by atoms with Crippen LogP contribution in [0, 0.1) is 18.3 Å². The molecule has 5 nitrogen and oxygen atoms in total. The van der Waals surface area contributed by atoms with E-state index >= 15 is 0 Å². The van der Waals surface area contributed by atoms with E-state index < -0.39 is 15.6 Å². The zero-order valence-electron chi connectivity index (χ0n) is 13.2. The van der Waals surface area contributed by atoms with Crippen molar-refractivity contribution < 1.29 is 13.2 Å². The summed E-state index contributed by atoms with van der Waals surface area (Å²) in [6.45, 7) is 3.40. The number of rotatable bonds is 5. The van der Waals surface area contributed by atoms with Crippen molar-refractivity contribution in [3.05, 3.63) is 59.7 Å². The Morgan fingerprint density at radius 2 is 1.65 bits per heavy atom. The molecule has 0 aromatic heterocycles. The van der Waals surface area contributed by atoms with E-state index in [4.69, 9.17) is 4.74 Å². The molecule has 0 fully saturated rings. The Bertz CT molecular complexity index is 822. The van der Waals surface area contributed by atoms with Crippen LogP contribution >= 0.6 is 0 Å². The molecule has 0 radical (unpaired) electrons. The lowest BCUT2D eigenvalue weighted by atomic mass is 9.95. The Morgan fingerprint density at radius 3 is 2.13 bits per heavy atom. The Balaban J connectivity index is 2.36. The number of hydrogen-bond donors (Lipinski definition) is 1. The summed E-state index contributed by atoms with van der Waals surface area (Å²) < 4.78 is 32.6. The van der Waals surface area contributed by atoms with Gasteiger partial charge in [0.25, 0.3) is 0 Å². The summed E-state index contributed by atoms with van der Waals surface area (Å²) in [6.07, 6.45) is 0. The van der Waals surface area contributed by atoms with Crippen LogP contribution in [0.5, 0.6) is 5.75 Å². The number of hydrogen-bond acceptors (Lipinski definition) is 4. The first-order valence-electron chi connectivity index (χ1n) is 6.97. The van der Waals surface area contributed by atoms with Crippen molar-refractivity contribution >= 4 is 10.0 Å². The van der Waals surface area contributed by atoms with Gasteiger partial charge in [-0.1, -0.05) is 29.8 Å². The summed E-state index contributed by atoms with van der Waals surface area (Å²) in [5, 5.41) is 9.51. The highest BCUT2D eigenvalue weighted by Crippen LogP contribution is 2.25. The molecule has 1 atom stereocenters. The van der Waals surface area contributed by atoms with E-state index in [-0.39, 0.29) is 4.90 Å². The van der Waals surface area contributed by atoms with Crippen molar-refractivity contribution in [2.75, 3.05) is 7.11 Å². The van der Waals surface area contributed by atoms with Crippen LogP contribution in [0.1, 0.15) is 18.1 Å². The number of benzene rings is 2. The molecule has 0 unspecified atom stereocenters. The van der Waals surface area contributed by atoms with Crippen molar-refractivity contribution in [3.8, 4) is 11.8 Å². The first-order valence-corrected chi connectivity index (χ1v) is 8.45. The van der Waals surface area contributed by atoms with Gasteiger partial charge in [0.15, 0.2) is 0 Å². The van der Waals surface area contributed by atoms with Gasteiger partial charge in [0, 0.05) is 0 Å². The van der Waals surface area contributed by atoms with Crippen LogP contribution in [-0.4, -0.2) is 15.5 Å². The topological polar surface area (TPSA) is 79.2 Å². The summed E-state index contributed by atoms with van der Waals surface area (Å²) in [5.74, 6) is 0.635. The Morgan fingerprint density at radius 1 is 1.09 bits per heavy atom. The predicted octanol–water partition coefficient (Wildman–Crippen LogP) is 2.72. The molecule has 0 aliphatic rings. The fourth-order valence-corrected chi connectivity index (χ4v) is 3.43. The minimum Gasteiger partial charge on any atom is -0.497 e. The predicted molar refractivity (Wildman–Crippen MR) is 87.5 cm³/mol. The molecule has 6 heteroatoms. The number of sulfonamides is 1. The van der Waals surface area contributed by atoms with E-state index in [1.165, 1.54) is 19.1 Å². The molecule has 0 spiro atoms. The van der Waals surface area contributed by atoms with Crippen LogP contribution in [0.15, 0.2) is 53.4 Å². The highest BCUT2D eigenvalue weighted by Gasteiger charge is 2.32. The maximum absolute atomic E-state index is 12.5. The molecule has 120 valence electrons. The smallest absolute Gasteiger partial charge is 0.242 e. The molecule has 2 aromatic rings. The van der Waals surface area contributed by atoms with Gasteiger partial charge in [-0.2, -0.15) is 9.98 Å². The molecule has 0 aliphatic heterocycles. The van der Waals surface area contributed by atoms with Crippen LogP contribution in [-0.2, 0) is 15.6 Å². The van der Waals surface area contributed by atoms with Gasteiger partial charge < -0.3 is 4.74 Å². The minimum absolute atomic E-state index is 0.123. The second-order valence-corrected chi connectivity index (χ2v) is 7.07. The van der Waals surface area contributed by atoms with Gasteiger partial charge in [-0.25, -0.2) is 8.42 Å². The molecule has 2 rings (SSSR count). The SMILES string of the molecule is COc1ccc([C@@](C)(C#N)NS(=O)(=O)c2ccc(C)cc2)cc1. The Hall–Kier alpha value is -2.36. The lowest BCUT2D eigenvalue weighted by Gasteiger charge is -2.23. The molecular weight excluding hydrogens is 312 g/mol. The monoisotopic (exact) mass is 330 g/mol. The van der Waals surface area contributed by atoms with Gasteiger partial charge in [0.1, 0.15) is 11.3 Å². The lowest BCUT2D eigenvalue weighted by Crippen LogP contribution is -2.42. The zero-order valence-corrected chi connectivity index (χ0v) is 14.0. The lowest BCUT2D eigenvalue weighted by molar-refractivity contribution is 0.414. The van der Waals surface area contributed by atoms with Gasteiger partial charge in [0.05, 0.1) is 18.1 Å². The van der Waals surface area contributed by atoms with Crippen LogP contribution in [0.3, 0.4) is 0 Å². The van der Waals surface area contributed by atoms with Crippen molar-refractivity contribution in [1.29, 1.82) is 5.26 Å². The standard InChI is InChI=1S/C17H18N2O3S/c1-13-4-10-16(11-5-13)23(20,21)19-17(2,12-18)14-6-8-15(22-3)9-7-14/h4-11,19H,1-3H3/t17-/m1/s1. The molecule has 1 N–H and O–H groups in total. The first-order chi connectivity index (χ1) is 10.8. The third kappa shape index (κ3) is 3.70. The van der Waals surface area contributed by atoms with E-state index in [0.29, 0.717) is 11.3 Å². The van der Waals surface area contributed by atoms with Gasteiger partial charge in [0.2, 0.25) is 10.0 Å². The van der Waals surface area contributed by atoms with Crippen molar-refractivity contribution in [2.45, 2.75) is 24.3 Å². The molecular formula is C17H18N2O3S. The minimum atomic E-state index is -3.81.